The lowest BCUT2D eigenvalue weighted by molar-refractivity contribution is -0.114. The Labute approximate surface area is 118 Å². The van der Waals surface area contributed by atoms with Crippen LogP contribution < -0.4 is 0 Å². The number of Topliss-reactive ketones (excluding diaryl/α,β-unsaturated/α-hetero) is 1. The van der Waals surface area contributed by atoms with E-state index < -0.39 is 0 Å². The summed E-state index contributed by atoms with van der Waals surface area (Å²) in [4.78, 5) is 12.1. The van der Waals surface area contributed by atoms with Gasteiger partial charge >= 0.3 is 0 Å². The van der Waals surface area contributed by atoms with Gasteiger partial charge in [0, 0.05) is 0 Å². The van der Waals surface area contributed by atoms with Gasteiger partial charge in [0.1, 0.15) is 0 Å². The number of fused-ring (bicyclic) bond motifs is 1. The Hall–Kier alpha value is -0.590. The molecule has 0 N–H and O–H groups in total. The van der Waals surface area contributed by atoms with E-state index in [0.717, 1.165) is 23.8 Å². The van der Waals surface area contributed by atoms with Gasteiger partial charge in [0.15, 0.2) is 5.78 Å². The molecule has 0 radical (unpaired) electrons. The number of carbonyl (C=O) groups is 1. The minimum atomic E-state index is 0.292. The molecule has 0 bridgehead atoms. The molecule has 0 aromatic carbocycles. The van der Waals surface area contributed by atoms with E-state index in [2.05, 4.69) is 41.5 Å². The lowest BCUT2D eigenvalue weighted by atomic mass is 9.59. The van der Waals surface area contributed by atoms with Crippen molar-refractivity contribution in [2.45, 2.75) is 67.7 Å². The van der Waals surface area contributed by atoms with Gasteiger partial charge in [0.05, 0.1) is 0 Å². The van der Waals surface area contributed by atoms with Crippen LogP contribution in [0.1, 0.15) is 67.7 Å². The third kappa shape index (κ3) is 2.00. The Morgan fingerprint density at radius 2 is 1.74 bits per heavy atom. The van der Waals surface area contributed by atoms with Gasteiger partial charge in [-0.05, 0) is 67.3 Å². The number of hydrogen-bond acceptors (Lipinski definition) is 1. The van der Waals surface area contributed by atoms with Crippen molar-refractivity contribution in [2.24, 2.45) is 28.6 Å². The zero-order chi connectivity index (χ0) is 14.6. The van der Waals surface area contributed by atoms with Crippen molar-refractivity contribution in [1.82, 2.24) is 0 Å². The predicted octanol–water partition coefficient (Wildman–Crippen LogP) is 5.01. The summed E-state index contributed by atoms with van der Waals surface area (Å²) >= 11 is 0. The highest BCUT2D eigenvalue weighted by molar-refractivity contribution is 5.94. The molecule has 0 heterocycles. The largest absolute Gasteiger partial charge is 0.295 e. The minimum absolute atomic E-state index is 0.292. The number of ketones is 1. The van der Waals surface area contributed by atoms with Gasteiger partial charge in [-0.25, -0.2) is 0 Å². The van der Waals surface area contributed by atoms with Gasteiger partial charge in [-0.3, -0.25) is 4.79 Å². The SMILES string of the molecule is CC(=O)C1=C(C)[C@H](C)C(C)(C)C2CC[C@@H](C)[C@@]2(C)C1. The monoisotopic (exact) mass is 262 g/mol. The molecule has 2 rings (SSSR count). The fourth-order valence-corrected chi connectivity index (χ4v) is 4.98. The molecule has 0 saturated heterocycles. The average Bonchev–Trinajstić information content (AvgIpc) is 2.58. The normalized spacial score (nSPS) is 41.9. The van der Waals surface area contributed by atoms with Crippen molar-refractivity contribution in [2.75, 3.05) is 0 Å². The van der Waals surface area contributed by atoms with Gasteiger partial charge in [-0.2, -0.15) is 0 Å². The fraction of sp³-hybridized carbons (Fsp3) is 0.833. The van der Waals surface area contributed by atoms with Crippen molar-refractivity contribution < 1.29 is 4.79 Å². The second-order valence-corrected chi connectivity index (χ2v) is 7.97. The van der Waals surface area contributed by atoms with Crippen LogP contribution in [-0.2, 0) is 4.79 Å². The Kier molecular flexibility index (Phi) is 3.48. The number of hydrogen-bond donors (Lipinski definition) is 0. The molecule has 1 nitrogen and oxygen atoms in total. The Balaban J connectivity index is 2.59. The quantitative estimate of drug-likeness (QED) is 0.649. The van der Waals surface area contributed by atoms with E-state index in [0.29, 0.717) is 22.5 Å². The number of carbonyl (C=O) groups excluding carboxylic acids is 1. The van der Waals surface area contributed by atoms with Crippen LogP contribution in [0.2, 0.25) is 0 Å². The zero-order valence-corrected chi connectivity index (χ0v) is 13.8. The van der Waals surface area contributed by atoms with Crippen molar-refractivity contribution in [3.05, 3.63) is 11.1 Å². The highest BCUT2D eigenvalue weighted by Crippen LogP contribution is 2.62. The highest BCUT2D eigenvalue weighted by Gasteiger charge is 2.54. The summed E-state index contributed by atoms with van der Waals surface area (Å²) < 4.78 is 0. The Morgan fingerprint density at radius 1 is 1.16 bits per heavy atom. The molecule has 2 aliphatic rings. The molecule has 2 aliphatic carbocycles. The van der Waals surface area contributed by atoms with E-state index in [-0.39, 0.29) is 0 Å². The fourth-order valence-electron chi connectivity index (χ4n) is 4.98. The standard InChI is InChI=1S/C18H30O/c1-11-8-9-16-17(5,6)13(3)12(2)15(14(4)19)10-18(11,16)7/h11,13,16H,8-10H2,1-7H3/t11-,13+,16?,18-/m1/s1. The van der Waals surface area contributed by atoms with Crippen molar-refractivity contribution in [3.63, 3.8) is 0 Å². The van der Waals surface area contributed by atoms with E-state index in [4.69, 9.17) is 0 Å². The number of allylic oxidation sites excluding steroid dienone is 2. The first-order valence-corrected chi connectivity index (χ1v) is 7.83. The molecule has 0 spiro atoms. The molecule has 1 fully saturated rings. The zero-order valence-electron chi connectivity index (χ0n) is 13.8. The molecule has 108 valence electrons. The molecular weight excluding hydrogens is 232 g/mol. The highest BCUT2D eigenvalue weighted by atomic mass is 16.1. The lowest BCUT2D eigenvalue weighted by Gasteiger charge is -2.45. The van der Waals surface area contributed by atoms with E-state index in [1.54, 1.807) is 6.92 Å². The van der Waals surface area contributed by atoms with E-state index in [9.17, 15) is 4.79 Å². The molecule has 0 aromatic rings. The maximum Gasteiger partial charge on any atom is 0.155 e. The van der Waals surface area contributed by atoms with E-state index in [1.807, 2.05) is 0 Å². The third-order valence-electron chi connectivity index (χ3n) is 6.93. The Bertz CT molecular complexity index is 429. The predicted molar refractivity (Wildman–Crippen MR) is 80.9 cm³/mol. The summed E-state index contributed by atoms with van der Waals surface area (Å²) in [5.74, 6) is 2.26. The first kappa shape index (κ1) is 14.8. The van der Waals surface area contributed by atoms with E-state index in [1.165, 1.54) is 18.4 Å². The molecule has 1 saturated carbocycles. The first-order valence-electron chi connectivity index (χ1n) is 7.83. The van der Waals surface area contributed by atoms with Gasteiger partial charge in [0.25, 0.3) is 0 Å². The lowest BCUT2D eigenvalue weighted by Crippen LogP contribution is -2.39. The van der Waals surface area contributed by atoms with Crippen LogP contribution in [0.25, 0.3) is 0 Å². The van der Waals surface area contributed by atoms with Gasteiger partial charge in [0.2, 0.25) is 0 Å². The van der Waals surface area contributed by atoms with Gasteiger partial charge in [-0.1, -0.05) is 40.2 Å². The minimum Gasteiger partial charge on any atom is -0.295 e. The summed E-state index contributed by atoms with van der Waals surface area (Å²) in [6, 6.07) is 0. The average molecular weight is 262 g/mol. The van der Waals surface area contributed by atoms with E-state index >= 15 is 0 Å². The van der Waals surface area contributed by atoms with Gasteiger partial charge in [-0.15, -0.1) is 0 Å². The Morgan fingerprint density at radius 3 is 2.26 bits per heavy atom. The third-order valence-corrected chi connectivity index (χ3v) is 6.93. The maximum atomic E-state index is 12.1. The van der Waals surface area contributed by atoms with Crippen LogP contribution in [0.15, 0.2) is 11.1 Å². The van der Waals surface area contributed by atoms with Crippen LogP contribution in [0, 0.1) is 28.6 Å². The topological polar surface area (TPSA) is 17.1 Å². The molecule has 0 aliphatic heterocycles. The van der Waals surface area contributed by atoms with Crippen molar-refractivity contribution in [3.8, 4) is 0 Å². The van der Waals surface area contributed by atoms with Crippen molar-refractivity contribution >= 4 is 5.78 Å². The van der Waals surface area contributed by atoms with Gasteiger partial charge < -0.3 is 0 Å². The maximum absolute atomic E-state index is 12.1. The molecular formula is C18H30O. The molecule has 0 amide bonds. The van der Waals surface area contributed by atoms with Crippen LogP contribution in [0.4, 0.5) is 0 Å². The molecule has 0 aromatic heterocycles. The molecule has 1 unspecified atom stereocenters. The number of rotatable bonds is 1. The summed E-state index contributed by atoms with van der Waals surface area (Å²) in [7, 11) is 0. The molecule has 19 heavy (non-hydrogen) atoms. The van der Waals surface area contributed by atoms with Crippen LogP contribution in [0.5, 0.6) is 0 Å². The summed E-state index contributed by atoms with van der Waals surface area (Å²) in [5.41, 5.74) is 3.07. The molecule has 4 atom stereocenters. The second kappa shape index (κ2) is 4.46. The smallest absolute Gasteiger partial charge is 0.155 e. The van der Waals surface area contributed by atoms with Crippen LogP contribution in [0.3, 0.4) is 0 Å². The summed E-state index contributed by atoms with van der Waals surface area (Å²) in [5, 5.41) is 0. The summed E-state index contributed by atoms with van der Waals surface area (Å²) in [6.07, 6.45) is 3.64. The summed E-state index contributed by atoms with van der Waals surface area (Å²) in [6.45, 7) is 15.9. The first-order chi connectivity index (χ1) is 8.62. The molecule has 1 heteroatoms. The van der Waals surface area contributed by atoms with Crippen LogP contribution in [-0.4, -0.2) is 5.78 Å². The van der Waals surface area contributed by atoms with Crippen LogP contribution >= 0.6 is 0 Å². The second-order valence-electron chi connectivity index (χ2n) is 7.97. The van der Waals surface area contributed by atoms with Crippen molar-refractivity contribution in [1.29, 1.82) is 0 Å².